The maximum atomic E-state index is 13.3. The summed E-state index contributed by atoms with van der Waals surface area (Å²) >= 11 is 0. The Morgan fingerprint density at radius 2 is 1.83 bits per heavy atom. The monoisotopic (exact) mass is 322 g/mol. The van der Waals surface area contributed by atoms with E-state index in [4.69, 9.17) is 4.98 Å². The average Bonchev–Trinajstić information content (AvgIpc) is 2.96. The molecule has 4 rings (SSSR count). The molecule has 1 aromatic heterocycles. The molecule has 0 bridgehead atoms. The van der Waals surface area contributed by atoms with Gasteiger partial charge in [-0.2, -0.15) is 0 Å². The molecule has 0 saturated heterocycles. The van der Waals surface area contributed by atoms with Crippen molar-refractivity contribution in [1.82, 2.24) is 14.9 Å². The lowest BCUT2D eigenvalue weighted by Gasteiger charge is -2.18. The Morgan fingerprint density at radius 1 is 1.08 bits per heavy atom. The maximum Gasteiger partial charge on any atom is 0.138 e. The molecule has 0 atom stereocenters. The van der Waals surface area contributed by atoms with Crippen molar-refractivity contribution in [2.45, 2.75) is 20.0 Å². The zero-order chi connectivity index (χ0) is 16.5. The molecular formula is C19H19FN4. The number of imidazole rings is 1. The van der Waals surface area contributed by atoms with Crippen molar-refractivity contribution in [3.63, 3.8) is 0 Å². The molecule has 122 valence electrons. The van der Waals surface area contributed by atoms with Crippen LogP contribution in [0.3, 0.4) is 0 Å². The Kier molecular flexibility index (Phi) is 3.78. The van der Waals surface area contributed by atoms with E-state index in [1.165, 1.54) is 17.7 Å². The van der Waals surface area contributed by atoms with Crippen molar-refractivity contribution in [1.29, 1.82) is 0 Å². The van der Waals surface area contributed by atoms with Gasteiger partial charge in [0.2, 0.25) is 0 Å². The Hall–Kier alpha value is -2.66. The zero-order valence-electron chi connectivity index (χ0n) is 13.5. The number of aryl methyl sites for hydroxylation is 1. The van der Waals surface area contributed by atoms with Crippen molar-refractivity contribution >= 4 is 11.5 Å². The molecule has 0 saturated carbocycles. The number of aromatic nitrogens is 2. The first-order chi connectivity index (χ1) is 11.7. The summed E-state index contributed by atoms with van der Waals surface area (Å²) in [6, 6.07) is 14.8. The van der Waals surface area contributed by atoms with Crippen LogP contribution in [-0.2, 0) is 13.1 Å². The summed E-state index contributed by atoms with van der Waals surface area (Å²) in [6.45, 7) is 4.58. The first-order valence-electron chi connectivity index (χ1n) is 8.10. The zero-order valence-corrected chi connectivity index (χ0v) is 13.5. The smallest absolute Gasteiger partial charge is 0.138 e. The summed E-state index contributed by atoms with van der Waals surface area (Å²) in [7, 11) is 0. The summed E-state index contributed by atoms with van der Waals surface area (Å²) in [4.78, 5) is 4.78. The second-order valence-electron chi connectivity index (χ2n) is 6.05. The van der Waals surface area contributed by atoms with Crippen molar-refractivity contribution in [3.8, 4) is 11.3 Å². The SMILES string of the molecule is Cc1ccc(Nc2c(-c3ccc(F)cc3)nc3n2CCNC3)cc1. The third-order valence-electron chi connectivity index (χ3n) is 4.27. The number of benzene rings is 2. The number of halogens is 1. The third kappa shape index (κ3) is 2.78. The Bertz CT molecular complexity index is 850. The Morgan fingerprint density at radius 3 is 2.58 bits per heavy atom. The second kappa shape index (κ2) is 6.09. The van der Waals surface area contributed by atoms with Gasteiger partial charge < -0.3 is 15.2 Å². The molecule has 0 spiro atoms. The normalized spacial score (nSPS) is 13.6. The largest absolute Gasteiger partial charge is 0.340 e. The summed E-state index contributed by atoms with van der Waals surface area (Å²) in [5, 5.41) is 6.84. The molecule has 24 heavy (non-hydrogen) atoms. The van der Waals surface area contributed by atoms with Gasteiger partial charge in [0.25, 0.3) is 0 Å². The second-order valence-corrected chi connectivity index (χ2v) is 6.05. The van der Waals surface area contributed by atoms with Crippen molar-refractivity contribution in [3.05, 3.63) is 65.7 Å². The molecule has 0 fully saturated rings. The molecule has 2 heterocycles. The minimum Gasteiger partial charge on any atom is -0.340 e. The Labute approximate surface area is 140 Å². The predicted octanol–water partition coefficient (Wildman–Crippen LogP) is 3.84. The molecule has 0 aliphatic carbocycles. The quantitative estimate of drug-likeness (QED) is 0.770. The highest BCUT2D eigenvalue weighted by atomic mass is 19.1. The van der Waals surface area contributed by atoms with Gasteiger partial charge in [0.1, 0.15) is 23.2 Å². The van der Waals surface area contributed by atoms with E-state index in [2.05, 4.69) is 46.4 Å². The summed E-state index contributed by atoms with van der Waals surface area (Å²) < 4.78 is 15.5. The van der Waals surface area contributed by atoms with Crippen LogP contribution in [0.2, 0.25) is 0 Å². The van der Waals surface area contributed by atoms with Gasteiger partial charge in [-0.3, -0.25) is 0 Å². The highest BCUT2D eigenvalue weighted by Crippen LogP contribution is 2.32. The number of anilines is 2. The fourth-order valence-electron chi connectivity index (χ4n) is 2.98. The molecule has 2 N–H and O–H groups in total. The van der Waals surface area contributed by atoms with Crippen LogP contribution in [-0.4, -0.2) is 16.1 Å². The van der Waals surface area contributed by atoms with Crippen LogP contribution in [0.1, 0.15) is 11.4 Å². The van der Waals surface area contributed by atoms with E-state index in [9.17, 15) is 4.39 Å². The van der Waals surface area contributed by atoms with Crippen LogP contribution < -0.4 is 10.6 Å². The van der Waals surface area contributed by atoms with E-state index in [1.807, 2.05) is 0 Å². The van der Waals surface area contributed by atoms with Crippen LogP contribution in [0.5, 0.6) is 0 Å². The van der Waals surface area contributed by atoms with Gasteiger partial charge in [0, 0.05) is 24.3 Å². The molecule has 3 aromatic rings. The predicted molar refractivity (Wildman–Crippen MR) is 93.8 cm³/mol. The molecule has 0 unspecified atom stereocenters. The molecular weight excluding hydrogens is 303 g/mol. The number of rotatable bonds is 3. The summed E-state index contributed by atoms with van der Waals surface area (Å²) in [5.41, 5.74) is 4.01. The van der Waals surface area contributed by atoms with Gasteiger partial charge in [-0.05, 0) is 43.3 Å². The number of nitrogens with one attached hydrogen (secondary N) is 2. The molecule has 1 aliphatic rings. The lowest BCUT2D eigenvalue weighted by molar-refractivity contribution is 0.509. The van der Waals surface area contributed by atoms with E-state index in [-0.39, 0.29) is 5.82 Å². The van der Waals surface area contributed by atoms with Crippen molar-refractivity contribution in [2.75, 3.05) is 11.9 Å². The van der Waals surface area contributed by atoms with Crippen LogP contribution in [0.15, 0.2) is 48.5 Å². The van der Waals surface area contributed by atoms with Crippen LogP contribution in [0, 0.1) is 12.7 Å². The number of nitrogens with zero attached hydrogens (tertiary/aromatic N) is 2. The lowest BCUT2D eigenvalue weighted by atomic mass is 10.1. The van der Waals surface area contributed by atoms with E-state index in [1.54, 1.807) is 12.1 Å². The van der Waals surface area contributed by atoms with Crippen molar-refractivity contribution < 1.29 is 4.39 Å². The van der Waals surface area contributed by atoms with E-state index in [0.29, 0.717) is 0 Å². The highest BCUT2D eigenvalue weighted by molar-refractivity contribution is 5.76. The van der Waals surface area contributed by atoms with Crippen LogP contribution >= 0.6 is 0 Å². The lowest BCUT2D eigenvalue weighted by Crippen LogP contribution is -2.28. The molecule has 1 aliphatic heterocycles. The van der Waals surface area contributed by atoms with Gasteiger partial charge >= 0.3 is 0 Å². The molecule has 0 amide bonds. The van der Waals surface area contributed by atoms with Crippen molar-refractivity contribution in [2.24, 2.45) is 0 Å². The maximum absolute atomic E-state index is 13.3. The highest BCUT2D eigenvalue weighted by Gasteiger charge is 2.20. The Balaban J connectivity index is 1.79. The summed E-state index contributed by atoms with van der Waals surface area (Å²) in [5.74, 6) is 1.72. The topological polar surface area (TPSA) is 41.9 Å². The fraction of sp³-hybridized carbons (Fsp3) is 0.211. The number of fused-ring (bicyclic) bond motifs is 1. The van der Waals surface area contributed by atoms with Gasteiger partial charge in [0.05, 0.1) is 6.54 Å². The molecule has 0 radical (unpaired) electrons. The first-order valence-corrected chi connectivity index (χ1v) is 8.10. The van der Waals surface area contributed by atoms with E-state index in [0.717, 1.165) is 48.2 Å². The molecule has 5 heteroatoms. The van der Waals surface area contributed by atoms with E-state index < -0.39 is 0 Å². The number of hydrogen-bond acceptors (Lipinski definition) is 3. The molecule has 2 aromatic carbocycles. The summed E-state index contributed by atoms with van der Waals surface area (Å²) in [6.07, 6.45) is 0. The van der Waals surface area contributed by atoms with Gasteiger partial charge in [0.15, 0.2) is 0 Å². The first kappa shape index (κ1) is 14.9. The van der Waals surface area contributed by atoms with Gasteiger partial charge in [-0.25, -0.2) is 9.37 Å². The third-order valence-corrected chi connectivity index (χ3v) is 4.27. The van der Waals surface area contributed by atoms with Crippen LogP contribution in [0.4, 0.5) is 15.9 Å². The van der Waals surface area contributed by atoms with E-state index >= 15 is 0 Å². The fourth-order valence-corrected chi connectivity index (χ4v) is 2.98. The minimum atomic E-state index is -0.238. The minimum absolute atomic E-state index is 0.238. The number of hydrogen-bond donors (Lipinski definition) is 2. The molecule has 4 nitrogen and oxygen atoms in total. The standard InChI is InChI=1S/C19H19FN4/c1-13-2-8-16(9-3-13)22-19-18(14-4-6-15(20)7-5-14)23-17-12-21-10-11-24(17)19/h2-9,21-22H,10-12H2,1H3. The average molecular weight is 322 g/mol. The van der Waals surface area contributed by atoms with Crippen LogP contribution in [0.25, 0.3) is 11.3 Å². The van der Waals surface area contributed by atoms with Gasteiger partial charge in [-0.15, -0.1) is 0 Å². The van der Waals surface area contributed by atoms with Gasteiger partial charge in [-0.1, -0.05) is 17.7 Å².